The molecule has 0 aliphatic rings. The summed E-state index contributed by atoms with van der Waals surface area (Å²) in [4.78, 5) is 4.30. The minimum absolute atomic E-state index is 0.116. The zero-order chi connectivity index (χ0) is 13.1. The Bertz CT molecular complexity index is 534. The summed E-state index contributed by atoms with van der Waals surface area (Å²) in [5, 5.41) is 7.53. The quantitative estimate of drug-likeness (QED) is 0.901. The first-order valence-electron chi connectivity index (χ1n) is 5.95. The van der Waals surface area contributed by atoms with Gasteiger partial charge >= 0.3 is 0 Å². The van der Waals surface area contributed by atoms with Crippen LogP contribution in [0.3, 0.4) is 0 Å². The van der Waals surface area contributed by atoms with E-state index in [4.69, 9.17) is 4.74 Å². The van der Waals surface area contributed by atoms with Crippen molar-refractivity contribution < 1.29 is 4.74 Å². The van der Waals surface area contributed by atoms with E-state index in [0.29, 0.717) is 5.82 Å². The number of ether oxygens (including phenoxy) is 1. The van der Waals surface area contributed by atoms with Gasteiger partial charge in [-0.05, 0) is 32.9 Å². The highest BCUT2D eigenvalue weighted by Gasteiger charge is 2.09. The van der Waals surface area contributed by atoms with Crippen molar-refractivity contribution in [1.29, 1.82) is 0 Å². The van der Waals surface area contributed by atoms with Crippen LogP contribution in [0.4, 0.5) is 11.5 Å². The predicted octanol–water partition coefficient (Wildman–Crippen LogP) is 2.65. The van der Waals surface area contributed by atoms with E-state index in [1.807, 2.05) is 46.1 Å². The van der Waals surface area contributed by atoms with Crippen molar-refractivity contribution >= 4 is 11.5 Å². The number of nitrogens with one attached hydrogen (secondary N) is 1. The van der Waals surface area contributed by atoms with Crippen molar-refractivity contribution in [2.75, 3.05) is 5.32 Å². The van der Waals surface area contributed by atoms with Gasteiger partial charge in [-0.3, -0.25) is 4.68 Å². The van der Waals surface area contributed by atoms with Crippen molar-refractivity contribution in [2.24, 2.45) is 7.05 Å². The molecule has 0 aliphatic heterocycles. The fourth-order valence-corrected chi connectivity index (χ4v) is 1.68. The molecule has 96 valence electrons. The van der Waals surface area contributed by atoms with Crippen LogP contribution in [0.2, 0.25) is 0 Å². The first kappa shape index (κ1) is 12.4. The number of pyridine rings is 1. The number of hydrogen-bond acceptors (Lipinski definition) is 4. The lowest BCUT2D eigenvalue weighted by atomic mass is 10.3. The van der Waals surface area contributed by atoms with Crippen molar-refractivity contribution in [3.05, 3.63) is 30.2 Å². The number of rotatable bonds is 4. The van der Waals surface area contributed by atoms with Crippen molar-refractivity contribution in [3.63, 3.8) is 0 Å². The zero-order valence-corrected chi connectivity index (χ0v) is 11.1. The van der Waals surface area contributed by atoms with E-state index < -0.39 is 0 Å². The van der Waals surface area contributed by atoms with E-state index in [1.54, 1.807) is 10.9 Å². The Morgan fingerprint density at radius 3 is 2.78 bits per heavy atom. The summed E-state index contributed by atoms with van der Waals surface area (Å²) in [6, 6.07) is 3.76. The van der Waals surface area contributed by atoms with E-state index in [9.17, 15) is 0 Å². The fourth-order valence-electron chi connectivity index (χ4n) is 1.68. The lowest BCUT2D eigenvalue weighted by Crippen LogP contribution is -2.08. The maximum absolute atomic E-state index is 5.71. The SMILES string of the molecule is Cc1nn(C)cc1Nc1ncccc1OC(C)C. The summed E-state index contributed by atoms with van der Waals surface area (Å²) in [5.41, 5.74) is 1.86. The van der Waals surface area contributed by atoms with E-state index in [2.05, 4.69) is 15.4 Å². The van der Waals surface area contributed by atoms with Crippen molar-refractivity contribution in [3.8, 4) is 5.75 Å². The van der Waals surface area contributed by atoms with Gasteiger partial charge < -0.3 is 10.1 Å². The fraction of sp³-hybridized carbons (Fsp3) is 0.385. The molecule has 0 saturated heterocycles. The summed E-state index contributed by atoms with van der Waals surface area (Å²) < 4.78 is 7.48. The van der Waals surface area contributed by atoms with Crippen LogP contribution in [0, 0.1) is 6.92 Å². The molecule has 0 amide bonds. The number of hydrogen-bond donors (Lipinski definition) is 1. The lowest BCUT2D eigenvalue weighted by Gasteiger charge is -2.13. The monoisotopic (exact) mass is 246 g/mol. The van der Waals surface area contributed by atoms with Crippen LogP contribution in [0.15, 0.2) is 24.5 Å². The minimum Gasteiger partial charge on any atom is -0.487 e. The van der Waals surface area contributed by atoms with Gasteiger partial charge in [0, 0.05) is 19.4 Å². The molecule has 2 aromatic rings. The number of anilines is 2. The highest BCUT2D eigenvalue weighted by molar-refractivity contribution is 5.63. The first-order chi connectivity index (χ1) is 8.56. The molecule has 2 heterocycles. The molecule has 2 rings (SSSR count). The van der Waals surface area contributed by atoms with Crippen LogP contribution in [-0.4, -0.2) is 20.9 Å². The van der Waals surface area contributed by atoms with Crippen LogP contribution in [-0.2, 0) is 7.05 Å². The molecular formula is C13H18N4O. The van der Waals surface area contributed by atoms with E-state index in [-0.39, 0.29) is 6.10 Å². The smallest absolute Gasteiger partial charge is 0.173 e. The second-order valence-electron chi connectivity index (χ2n) is 4.44. The Labute approximate surface area is 107 Å². The highest BCUT2D eigenvalue weighted by atomic mass is 16.5. The second-order valence-corrected chi connectivity index (χ2v) is 4.44. The van der Waals surface area contributed by atoms with Gasteiger partial charge in [0.15, 0.2) is 11.6 Å². The van der Waals surface area contributed by atoms with Gasteiger partial charge in [-0.25, -0.2) is 4.98 Å². The van der Waals surface area contributed by atoms with E-state index in [1.165, 1.54) is 0 Å². The molecule has 5 heteroatoms. The predicted molar refractivity (Wildman–Crippen MR) is 71.2 cm³/mol. The summed E-state index contributed by atoms with van der Waals surface area (Å²) in [7, 11) is 1.89. The normalized spacial score (nSPS) is 10.7. The molecule has 0 bridgehead atoms. The average Bonchev–Trinajstić information content (AvgIpc) is 2.59. The second kappa shape index (κ2) is 5.08. The molecule has 0 radical (unpaired) electrons. The van der Waals surface area contributed by atoms with Gasteiger partial charge in [-0.2, -0.15) is 5.10 Å². The Morgan fingerprint density at radius 1 is 1.39 bits per heavy atom. The molecule has 0 spiro atoms. The molecule has 0 atom stereocenters. The molecule has 0 fully saturated rings. The van der Waals surface area contributed by atoms with Gasteiger partial charge in [-0.15, -0.1) is 0 Å². The molecule has 0 saturated carbocycles. The molecule has 18 heavy (non-hydrogen) atoms. The van der Waals surface area contributed by atoms with E-state index in [0.717, 1.165) is 17.1 Å². The highest BCUT2D eigenvalue weighted by Crippen LogP contribution is 2.26. The van der Waals surface area contributed by atoms with Gasteiger partial charge in [0.1, 0.15) is 0 Å². The summed E-state index contributed by atoms with van der Waals surface area (Å²) in [5.74, 6) is 1.46. The minimum atomic E-state index is 0.116. The van der Waals surface area contributed by atoms with Gasteiger partial charge in [0.2, 0.25) is 0 Å². The number of aromatic nitrogens is 3. The first-order valence-corrected chi connectivity index (χ1v) is 5.95. The molecule has 1 N–H and O–H groups in total. The zero-order valence-electron chi connectivity index (χ0n) is 11.1. The molecule has 0 aromatic carbocycles. The maximum Gasteiger partial charge on any atom is 0.173 e. The number of nitrogens with zero attached hydrogens (tertiary/aromatic N) is 3. The van der Waals surface area contributed by atoms with Crippen molar-refractivity contribution in [2.45, 2.75) is 26.9 Å². The van der Waals surface area contributed by atoms with E-state index >= 15 is 0 Å². The van der Waals surface area contributed by atoms with Crippen LogP contribution in [0.1, 0.15) is 19.5 Å². The summed E-state index contributed by atoms with van der Waals surface area (Å²) in [6.07, 6.45) is 3.77. The standard InChI is InChI=1S/C13H18N4O/c1-9(2)18-12-6-5-7-14-13(12)15-11-8-17(4)16-10(11)3/h5-9H,1-4H3,(H,14,15). The van der Waals surface area contributed by atoms with Crippen LogP contribution in [0.5, 0.6) is 5.75 Å². The molecular weight excluding hydrogens is 228 g/mol. The molecule has 5 nitrogen and oxygen atoms in total. The molecule has 0 unspecified atom stereocenters. The Morgan fingerprint density at radius 2 is 2.17 bits per heavy atom. The maximum atomic E-state index is 5.71. The average molecular weight is 246 g/mol. The summed E-state index contributed by atoms with van der Waals surface area (Å²) >= 11 is 0. The molecule has 0 aliphatic carbocycles. The third-order valence-electron chi connectivity index (χ3n) is 2.40. The van der Waals surface area contributed by atoms with Gasteiger partial charge in [-0.1, -0.05) is 0 Å². The Balaban J connectivity index is 2.26. The van der Waals surface area contributed by atoms with Crippen molar-refractivity contribution in [1.82, 2.24) is 14.8 Å². The summed E-state index contributed by atoms with van der Waals surface area (Å²) in [6.45, 7) is 5.94. The number of aryl methyl sites for hydroxylation is 2. The Hall–Kier alpha value is -2.04. The van der Waals surface area contributed by atoms with Gasteiger partial charge in [0.25, 0.3) is 0 Å². The third kappa shape index (κ3) is 2.80. The van der Waals surface area contributed by atoms with Gasteiger partial charge in [0.05, 0.1) is 17.5 Å². The largest absolute Gasteiger partial charge is 0.487 e. The van der Waals surface area contributed by atoms with Crippen LogP contribution >= 0.6 is 0 Å². The third-order valence-corrected chi connectivity index (χ3v) is 2.40. The topological polar surface area (TPSA) is 52.0 Å². The lowest BCUT2D eigenvalue weighted by molar-refractivity contribution is 0.243. The molecule has 2 aromatic heterocycles. The van der Waals surface area contributed by atoms with Crippen LogP contribution < -0.4 is 10.1 Å². The Kier molecular flexibility index (Phi) is 3.50. The van der Waals surface area contributed by atoms with Crippen LogP contribution in [0.25, 0.3) is 0 Å².